The second-order valence-corrected chi connectivity index (χ2v) is 8.88. The first-order valence-electron chi connectivity index (χ1n) is 11.8. The number of guanidine groups is 1. The van der Waals surface area contributed by atoms with E-state index in [4.69, 9.17) is 4.99 Å². The predicted molar refractivity (Wildman–Crippen MR) is 129 cm³/mol. The van der Waals surface area contributed by atoms with Crippen molar-refractivity contribution in [2.75, 3.05) is 71.4 Å². The van der Waals surface area contributed by atoms with E-state index in [1.807, 2.05) is 4.90 Å². The lowest BCUT2D eigenvalue weighted by Crippen LogP contribution is -2.54. The van der Waals surface area contributed by atoms with Crippen LogP contribution in [-0.4, -0.2) is 93.0 Å². The minimum atomic E-state index is 0.297. The van der Waals surface area contributed by atoms with Gasteiger partial charge in [-0.15, -0.1) is 0 Å². The molecule has 0 saturated carbocycles. The fraction of sp³-hybridized carbons (Fsp3) is 0.667. The number of piperidine rings is 1. The SMILES string of the molecule is CCNC(=NCc1ccc(N(C)C)cc1C)N1CCN(CC(=O)N2CCCCC2)CC1. The Hall–Kier alpha value is -2.28. The molecule has 1 aromatic rings. The number of anilines is 1. The summed E-state index contributed by atoms with van der Waals surface area (Å²) in [6, 6.07) is 6.56. The van der Waals surface area contributed by atoms with Gasteiger partial charge in [-0.3, -0.25) is 9.69 Å². The normalized spacial score (nSPS) is 18.3. The molecule has 1 aromatic carbocycles. The summed E-state index contributed by atoms with van der Waals surface area (Å²) in [5.41, 5.74) is 3.74. The van der Waals surface area contributed by atoms with E-state index in [-0.39, 0.29) is 0 Å². The molecule has 31 heavy (non-hydrogen) atoms. The van der Waals surface area contributed by atoms with Crippen LogP contribution in [0.25, 0.3) is 0 Å². The van der Waals surface area contributed by atoms with Crippen molar-refractivity contribution in [3.63, 3.8) is 0 Å². The zero-order chi connectivity index (χ0) is 22.2. The fourth-order valence-corrected chi connectivity index (χ4v) is 4.27. The number of hydrogen-bond acceptors (Lipinski definition) is 4. The number of aliphatic imine (C=N–C) groups is 1. The summed E-state index contributed by atoms with van der Waals surface area (Å²) in [6.07, 6.45) is 3.56. The third-order valence-corrected chi connectivity index (χ3v) is 6.32. The van der Waals surface area contributed by atoms with Gasteiger partial charge >= 0.3 is 0 Å². The number of amides is 1. The van der Waals surface area contributed by atoms with Gasteiger partial charge in [0.2, 0.25) is 5.91 Å². The lowest BCUT2D eigenvalue weighted by atomic mass is 10.1. The molecule has 7 nitrogen and oxygen atoms in total. The van der Waals surface area contributed by atoms with Crippen molar-refractivity contribution in [3.05, 3.63) is 29.3 Å². The largest absolute Gasteiger partial charge is 0.378 e. The Kier molecular flexibility index (Phi) is 8.58. The Balaban J connectivity index is 1.54. The first kappa shape index (κ1) is 23.4. The Labute approximate surface area is 188 Å². The molecule has 0 unspecified atom stereocenters. The molecule has 2 saturated heterocycles. The third kappa shape index (κ3) is 6.60. The van der Waals surface area contributed by atoms with Gasteiger partial charge in [-0.05, 0) is 56.4 Å². The van der Waals surface area contributed by atoms with E-state index in [1.54, 1.807) is 0 Å². The number of carbonyl (C=O) groups excluding carboxylic acids is 1. The van der Waals surface area contributed by atoms with Gasteiger partial charge in [-0.1, -0.05) is 6.07 Å². The Bertz CT molecular complexity index is 748. The molecular weight excluding hydrogens is 388 g/mol. The van der Waals surface area contributed by atoms with E-state index in [2.05, 4.69) is 66.2 Å². The maximum Gasteiger partial charge on any atom is 0.236 e. The highest BCUT2D eigenvalue weighted by Gasteiger charge is 2.24. The number of benzene rings is 1. The molecule has 1 N–H and O–H groups in total. The maximum atomic E-state index is 12.6. The second kappa shape index (κ2) is 11.4. The summed E-state index contributed by atoms with van der Waals surface area (Å²) in [7, 11) is 4.13. The van der Waals surface area contributed by atoms with Crippen LogP contribution < -0.4 is 10.2 Å². The molecule has 2 heterocycles. The van der Waals surface area contributed by atoms with E-state index in [9.17, 15) is 4.79 Å². The first-order chi connectivity index (χ1) is 15.0. The summed E-state index contributed by atoms with van der Waals surface area (Å²) in [5, 5.41) is 3.45. The third-order valence-electron chi connectivity index (χ3n) is 6.32. The van der Waals surface area contributed by atoms with Crippen molar-refractivity contribution in [3.8, 4) is 0 Å². The molecule has 1 amide bonds. The average Bonchev–Trinajstić information content (AvgIpc) is 2.78. The smallest absolute Gasteiger partial charge is 0.236 e. The second-order valence-electron chi connectivity index (χ2n) is 8.88. The van der Waals surface area contributed by atoms with Crippen molar-refractivity contribution in [2.45, 2.75) is 39.7 Å². The zero-order valence-corrected chi connectivity index (χ0v) is 19.9. The number of nitrogens with zero attached hydrogens (tertiary/aromatic N) is 5. The number of nitrogens with one attached hydrogen (secondary N) is 1. The molecule has 0 radical (unpaired) electrons. The summed E-state index contributed by atoms with van der Waals surface area (Å²) < 4.78 is 0. The van der Waals surface area contributed by atoms with Gasteiger partial charge in [0, 0.05) is 65.6 Å². The molecule has 2 aliphatic heterocycles. The highest BCUT2D eigenvalue weighted by atomic mass is 16.2. The van der Waals surface area contributed by atoms with Gasteiger partial charge in [-0.2, -0.15) is 0 Å². The molecule has 3 rings (SSSR count). The van der Waals surface area contributed by atoms with Crippen molar-refractivity contribution < 1.29 is 4.79 Å². The maximum absolute atomic E-state index is 12.6. The van der Waals surface area contributed by atoms with E-state index in [0.717, 1.165) is 64.6 Å². The van der Waals surface area contributed by atoms with Crippen LogP contribution >= 0.6 is 0 Å². The van der Waals surface area contributed by atoms with E-state index < -0.39 is 0 Å². The van der Waals surface area contributed by atoms with Crippen LogP contribution in [0, 0.1) is 6.92 Å². The number of piperazine rings is 1. The number of carbonyl (C=O) groups is 1. The Morgan fingerprint density at radius 3 is 2.35 bits per heavy atom. The number of likely N-dealkylation sites (tertiary alicyclic amines) is 1. The van der Waals surface area contributed by atoms with Crippen molar-refractivity contribution in [1.82, 2.24) is 20.0 Å². The minimum absolute atomic E-state index is 0.297. The monoisotopic (exact) mass is 428 g/mol. The number of aryl methyl sites for hydroxylation is 1. The van der Waals surface area contributed by atoms with Gasteiger partial charge < -0.3 is 20.0 Å². The van der Waals surface area contributed by atoms with Crippen LogP contribution in [0.1, 0.15) is 37.3 Å². The van der Waals surface area contributed by atoms with E-state index in [0.29, 0.717) is 19.0 Å². The van der Waals surface area contributed by atoms with Crippen LogP contribution in [-0.2, 0) is 11.3 Å². The van der Waals surface area contributed by atoms with Crippen LogP contribution in [0.4, 0.5) is 5.69 Å². The minimum Gasteiger partial charge on any atom is -0.378 e. The van der Waals surface area contributed by atoms with Gasteiger partial charge in [0.15, 0.2) is 5.96 Å². The quantitative estimate of drug-likeness (QED) is 0.556. The van der Waals surface area contributed by atoms with E-state index >= 15 is 0 Å². The van der Waals surface area contributed by atoms with Gasteiger partial charge in [0.1, 0.15) is 0 Å². The van der Waals surface area contributed by atoms with Crippen molar-refractivity contribution >= 4 is 17.6 Å². The van der Waals surface area contributed by atoms with Gasteiger partial charge in [0.25, 0.3) is 0 Å². The molecule has 2 fully saturated rings. The zero-order valence-electron chi connectivity index (χ0n) is 19.9. The standard InChI is InChI=1S/C24H40N6O/c1-5-25-24(26-18-21-9-10-22(27(3)4)17-20(21)2)30-15-13-28(14-16-30)19-23(31)29-11-7-6-8-12-29/h9-10,17H,5-8,11-16,18-19H2,1-4H3,(H,25,26). The fourth-order valence-electron chi connectivity index (χ4n) is 4.27. The molecule has 2 aliphatic rings. The molecule has 172 valence electrons. The van der Waals surface area contributed by atoms with Crippen LogP contribution in [0.5, 0.6) is 0 Å². The molecule has 0 aliphatic carbocycles. The number of hydrogen-bond donors (Lipinski definition) is 1. The molecule has 7 heteroatoms. The highest BCUT2D eigenvalue weighted by molar-refractivity contribution is 5.80. The highest BCUT2D eigenvalue weighted by Crippen LogP contribution is 2.18. The van der Waals surface area contributed by atoms with Gasteiger partial charge in [0.05, 0.1) is 13.1 Å². The summed E-state index contributed by atoms with van der Waals surface area (Å²) in [6.45, 7) is 11.8. The van der Waals surface area contributed by atoms with Crippen LogP contribution in [0.2, 0.25) is 0 Å². The average molecular weight is 429 g/mol. The summed E-state index contributed by atoms with van der Waals surface area (Å²) >= 11 is 0. The van der Waals surface area contributed by atoms with Crippen LogP contribution in [0.15, 0.2) is 23.2 Å². The Morgan fingerprint density at radius 1 is 1.03 bits per heavy atom. The molecular formula is C24H40N6O. The summed E-state index contributed by atoms with van der Waals surface area (Å²) in [4.78, 5) is 26.3. The molecule has 0 atom stereocenters. The molecule has 0 spiro atoms. The lowest BCUT2D eigenvalue weighted by Gasteiger charge is -2.37. The molecule has 0 bridgehead atoms. The first-order valence-corrected chi connectivity index (χ1v) is 11.8. The topological polar surface area (TPSA) is 54.4 Å². The van der Waals surface area contributed by atoms with E-state index in [1.165, 1.54) is 23.2 Å². The number of rotatable bonds is 6. The van der Waals surface area contributed by atoms with Gasteiger partial charge in [-0.25, -0.2) is 4.99 Å². The Morgan fingerprint density at radius 2 is 1.74 bits per heavy atom. The predicted octanol–water partition coefficient (Wildman–Crippen LogP) is 2.16. The van der Waals surface area contributed by atoms with Crippen molar-refractivity contribution in [1.29, 1.82) is 0 Å². The summed E-state index contributed by atoms with van der Waals surface area (Å²) in [5.74, 6) is 1.27. The van der Waals surface area contributed by atoms with Crippen molar-refractivity contribution in [2.24, 2.45) is 4.99 Å². The lowest BCUT2D eigenvalue weighted by molar-refractivity contribution is -0.133. The molecule has 0 aromatic heterocycles. The van der Waals surface area contributed by atoms with Crippen LogP contribution in [0.3, 0.4) is 0 Å².